The Bertz CT molecular complexity index is 623. The number of thioether (sulfide) groups is 1. The van der Waals surface area contributed by atoms with Crippen molar-refractivity contribution in [2.24, 2.45) is 0 Å². The number of nitrogens with zero attached hydrogens (tertiary/aromatic N) is 2. The van der Waals surface area contributed by atoms with Gasteiger partial charge in [0, 0.05) is 0 Å². The Kier molecular flexibility index (Phi) is 5.19. The van der Waals surface area contributed by atoms with Gasteiger partial charge in [-0.15, -0.1) is 10.2 Å². The minimum absolute atomic E-state index is 0.238. The van der Waals surface area contributed by atoms with Crippen LogP contribution < -0.4 is 10.1 Å². The molecule has 1 aromatic heterocycles. The maximum absolute atomic E-state index is 12.1. The fourth-order valence-electron chi connectivity index (χ4n) is 1.81. The Morgan fingerprint density at radius 3 is 2.52 bits per heavy atom. The third-order valence-electron chi connectivity index (χ3n) is 2.69. The van der Waals surface area contributed by atoms with E-state index in [0.29, 0.717) is 10.9 Å². The molecule has 1 heterocycles. The molecular formula is C14H17N3O2S2. The molecule has 5 nitrogen and oxygen atoms in total. The van der Waals surface area contributed by atoms with Crippen LogP contribution >= 0.6 is 23.1 Å². The number of rotatable bonds is 5. The Morgan fingerprint density at radius 2 is 1.95 bits per heavy atom. The van der Waals surface area contributed by atoms with Crippen molar-refractivity contribution in [3.8, 4) is 5.75 Å². The van der Waals surface area contributed by atoms with Crippen molar-refractivity contribution in [3.63, 3.8) is 0 Å². The van der Waals surface area contributed by atoms with Crippen molar-refractivity contribution in [2.75, 3.05) is 11.6 Å². The van der Waals surface area contributed by atoms with Gasteiger partial charge in [0.05, 0.1) is 0 Å². The van der Waals surface area contributed by atoms with E-state index >= 15 is 0 Å². The lowest BCUT2D eigenvalue weighted by Gasteiger charge is -2.14. The fraction of sp³-hybridized carbons (Fsp3) is 0.357. The van der Waals surface area contributed by atoms with E-state index in [9.17, 15) is 4.79 Å². The first-order valence-corrected chi connectivity index (χ1v) is 8.45. The molecule has 0 aliphatic heterocycles. The van der Waals surface area contributed by atoms with Crippen molar-refractivity contribution in [1.29, 1.82) is 0 Å². The van der Waals surface area contributed by atoms with Crippen molar-refractivity contribution in [1.82, 2.24) is 10.2 Å². The van der Waals surface area contributed by atoms with Crippen LogP contribution in [0, 0.1) is 13.8 Å². The Morgan fingerprint density at radius 1 is 1.29 bits per heavy atom. The Balaban J connectivity index is 1.98. The lowest BCUT2D eigenvalue weighted by molar-refractivity contribution is -0.122. The molecule has 2 rings (SSSR count). The largest absolute Gasteiger partial charge is 0.481 e. The average Bonchev–Trinajstić information content (AvgIpc) is 2.85. The summed E-state index contributed by atoms with van der Waals surface area (Å²) in [5.41, 5.74) is 2.21. The summed E-state index contributed by atoms with van der Waals surface area (Å²) in [6, 6.07) is 5.88. The molecule has 112 valence electrons. The standard InChI is InChI=1S/C14H17N3O2S2/c1-8-5-9(2)7-11(6-8)19-10(3)12(18)15-13-16-17-14(20-4)21-13/h5-7,10H,1-4H3,(H,15,16,18)/t10-/m1/s1. The molecule has 21 heavy (non-hydrogen) atoms. The molecule has 0 bridgehead atoms. The lowest BCUT2D eigenvalue weighted by Crippen LogP contribution is -2.30. The van der Waals surface area contributed by atoms with E-state index in [1.54, 1.807) is 6.92 Å². The molecular weight excluding hydrogens is 306 g/mol. The molecule has 0 radical (unpaired) electrons. The second kappa shape index (κ2) is 6.91. The number of amides is 1. The van der Waals surface area contributed by atoms with Crippen LogP contribution in [0.2, 0.25) is 0 Å². The van der Waals surface area contributed by atoms with Gasteiger partial charge in [0.25, 0.3) is 5.91 Å². The predicted octanol–water partition coefficient (Wildman–Crippen LogP) is 3.28. The zero-order valence-electron chi connectivity index (χ0n) is 12.3. The highest BCUT2D eigenvalue weighted by atomic mass is 32.2. The molecule has 0 spiro atoms. The number of hydrogen-bond acceptors (Lipinski definition) is 6. The number of benzene rings is 1. The molecule has 0 unspecified atom stereocenters. The summed E-state index contributed by atoms with van der Waals surface area (Å²) in [5, 5.41) is 11.0. The van der Waals surface area contributed by atoms with Crippen LogP contribution in [0.1, 0.15) is 18.1 Å². The molecule has 1 aromatic carbocycles. The predicted molar refractivity (Wildman–Crippen MR) is 86.3 cm³/mol. The Hall–Kier alpha value is -1.60. The van der Waals surface area contributed by atoms with Gasteiger partial charge in [-0.3, -0.25) is 10.1 Å². The molecule has 0 aliphatic rings. The monoisotopic (exact) mass is 323 g/mol. The van der Waals surface area contributed by atoms with Gasteiger partial charge in [0.2, 0.25) is 5.13 Å². The molecule has 0 saturated carbocycles. The van der Waals surface area contributed by atoms with Gasteiger partial charge in [0.15, 0.2) is 10.4 Å². The summed E-state index contributed by atoms with van der Waals surface area (Å²) in [7, 11) is 0. The first kappa shape index (κ1) is 15.8. The first-order valence-electron chi connectivity index (χ1n) is 6.41. The topological polar surface area (TPSA) is 64.1 Å². The van der Waals surface area contributed by atoms with Crippen LogP contribution in [-0.4, -0.2) is 28.5 Å². The summed E-state index contributed by atoms with van der Waals surface area (Å²) in [6.07, 6.45) is 1.31. The van der Waals surface area contributed by atoms with Gasteiger partial charge >= 0.3 is 0 Å². The van der Waals surface area contributed by atoms with Crippen molar-refractivity contribution >= 4 is 34.1 Å². The molecule has 0 fully saturated rings. The third kappa shape index (κ3) is 4.44. The van der Waals surface area contributed by atoms with E-state index in [1.807, 2.05) is 32.2 Å². The molecule has 1 N–H and O–H groups in total. The number of aromatic nitrogens is 2. The van der Waals surface area contributed by atoms with Crippen LogP contribution in [0.4, 0.5) is 5.13 Å². The number of aryl methyl sites for hydroxylation is 2. The highest BCUT2D eigenvalue weighted by Gasteiger charge is 2.17. The second-order valence-corrected chi connectivity index (χ2v) is 6.68. The lowest BCUT2D eigenvalue weighted by atomic mass is 10.1. The van der Waals surface area contributed by atoms with Gasteiger partial charge in [-0.2, -0.15) is 0 Å². The summed E-state index contributed by atoms with van der Waals surface area (Å²) in [6.45, 7) is 5.70. The number of nitrogens with one attached hydrogen (secondary N) is 1. The van der Waals surface area contributed by atoms with Crippen LogP contribution in [-0.2, 0) is 4.79 Å². The van der Waals surface area contributed by atoms with Crippen LogP contribution in [0.15, 0.2) is 22.5 Å². The molecule has 0 aliphatic carbocycles. The number of carbonyl (C=O) groups excluding carboxylic acids is 1. The summed E-state index contributed by atoms with van der Waals surface area (Å²) in [5.74, 6) is 0.454. The van der Waals surface area contributed by atoms with Crippen LogP contribution in [0.3, 0.4) is 0 Å². The van der Waals surface area contributed by atoms with Gasteiger partial charge in [-0.25, -0.2) is 0 Å². The van der Waals surface area contributed by atoms with Gasteiger partial charge in [-0.1, -0.05) is 29.2 Å². The first-order chi connectivity index (χ1) is 9.97. The number of hydrogen-bond donors (Lipinski definition) is 1. The summed E-state index contributed by atoms with van der Waals surface area (Å²) >= 11 is 2.84. The van der Waals surface area contributed by atoms with Crippen molar-refractivity contribution in [2.45, 2.75) is 31.2 Å². The van der Waals surface area contributed by atoms with E-state index in [0.717, 1.165) is 15.5 Å². The zero-order chi connectivity index (χ0) is 15.4. The van der Waals surface area contributed by atoms with E-state index in [2.05, 4.69) is 21.6 Å². The minimum Gasteiger partial charge on any atom is -0.481 e. The highest BCUT2D eigenvalue weighted by Crippen LogP contribution is 2.23. The van der Waals surface area contributed by atoms with Gasteiger partial charge in [0.1, 0.15) is 5.75 Å². The third-order valence-corrected chi connectivity index (χ3v) is 4.50. The smallest absolute Gasteiger partial charge is 0.266 e. The second-order valence-electron chi connectivity index (χ2n) is 4.65. The van der Waals surface area contributed by atoms with E-state index in [4.69, 9.17) is 4.74 Å². The minimum atomic E-state index is -0.604. The SMILES string of the molecule is CSc1nnc(NC(=O)[C@@H](C)Oc2cc(C)cc(C)c2)s1. The van der Waals surface area contributed by atoms with E-state index in [1.165, 1.54) is 23.1 Å². The van der Waals surface area contributed by atoms with Crippen LogP contribution in [0.5, 0.6) is 5.75 Å². The maximum atomic E-state index is 12.1. The number of anilines is 1. The molecule has 7 heteroatoms. The maximum Gasteiger partial charge on any atom is 0.266 e. The van der Waals surface area contributed by atoms with E-state index < -0.39 is 6.10 Å². The van der Waals surface area contributed by atoms with Crippen LogP contribution in [0.25, 0.3) is 0 Å². The fourth-order valence-corrected chi connectivity index (χ4v) is 2.98. The normalized spacial score (nSPS) is 12.0. The van der Waals surface area contributed by atoms with E-state index in [-0.39, 0.29) is 5.91 Å². The highest BCUT2D eigenvalue weighted by molar-refractivity contribution is 8.00. The number of ether oxygens (including phenoxy) is 1. The van der Waals surface area contributed by atoms with Crippen molar-refractivity contribution < 1.29 is 9.53 Å². The molecule has 0 saturated heterocycles. The molecule has 2 aromatic rings. The molecule has 1 amide bonds. The van der Waals surface area contributed by atoms with Gasteiger partial charge in [-0.05, 0) is 50.3 Å². The molecule has 1 atom stereocenters. The van der Waals surface area contributed by atoms with Gasteiger partial charge < -0.3 is 4.74 Å². The quantitative estimate of drug-likeness (QED) is 0.676. The summed E-state index contributed by atoms with van der Waals surface area (Å²) in [4.78, 5) is 12.1. The Labute approximate surface area is 132 Å². The number of carbonyl (C=O) groups is 1. The zero-order valence-corrected chi connectivity index (χ0v) is 14.0. The average molecular weight is 323 g/mol. The van der Waals surface area contributed by atoms with Crippen molar-refractivity contribution in [3.05, 3.63) is 29.3 Å². The summed E-state index contributed by atoms with van der Waals surface area (Å²) < 4.78 is 6.50.